The quantitative estimate of drug-likeness (QED) is 0.0743. The van der Waals surface area contributed by atoms with E-state index in [1.807, 2.05) is 0 Å². The van der Waals surface area contributed by atoms with E-state index in [4.69, 9.17) is 48.5 Å². The lowest BCUT2D eigenvalue weighted by Crippen LogP contribution is -2.41. The molecule has 7 heterocycles. The van der Waals surface area contributed by atoms with Crippen LogP contribution in [0.25, 0.3) is 22.3 Å². The van der Waals surface area contributed by atoms with E-state index in [0.717, 1.165) is 31.4 Å². The topological polar surface area (TPSA) is 366 Å². The first kappa shape index (κ1) is 40.7. The van der Waals surface area contributed by atoms with Gasteiger partial charge in [0, 0.05) is 0 Å². The molecule has 3 fully saturated rings. The fourth-order valence-corrected chi connectivity index (χ4v) is 9.75. The second kappa shape index (κ2) is 15.7. The first-order chi connectivity index (χ1) is 27.0. The minimum atomic E-state index is -4.87. The molecule has 0 aliphatic carbocycles. The molecule has 0 spiro atoms. The largest absolute Gasteiger partial charge is 0.468 e. The number of nitrogens with one attached hydrogen (secondary N) is 3. The number of methoxy groups -OCH3 is 2. The van der Waals surface area contributed by atoms with Crippen LogP contribution in [0.2, 0.25) is 0 Å². The number of carbonyl (C=O) groups is 2. The predicted octanol–water partition coefficient (Wildman–Crippen LogP) is -2.02. The SMILES string of the molecule is COC(=O)C(C)NP1(=O)OC[C@H]2O[C@@H](n3cnc4c(N)ncnc43)C(O)C2OP(=O)(NC(C)C(=O)OC)OC[C@H]2O[C@@H](n3cnc4c(=O)[nH]c(N)nc43)C(O1)C2O. The van der Waals surface area contributed by atoms with Crippen molar-refractivity contribution in [2.45, 2.75) is 75.0 Å². The molecule has 2 bridgehead atoms. The van der Waals surface area contributed by atoms with Crippen molar-refractivity contribution >= 4 is 61.5 Å². The molecule has 57 heavy (non-hydrogen) atoms. The number of carbonyl (C=O) groups excluding carboxylic acids is 2. The molecule has 3 aliphatic heterocycles. The number of H-pyrrole nitrogens is 1. The van der Waals surface area contributed by atoms with Crippen molar-refractivity contribution in [2.24, 2.45) is 0 Å². The summed E-state index contributed by atoms with van der Waals surface area (Å²) in [6, 6.07) is -2.70. The molecule has 0 saturated carbocycles. The van der Waals surface area contributed by atoms with Crippen molar-refractivity contribution < 1.29 is 66.0 Å². The van der Waals surface area contributed by atoms with Gasteiger partial charge < -0.3 is 40.6 Å². The Bertz CT molecular complexity index is 2330. The average molecular weight is 845 g/mol. The van der Waals surface area contributed by atoms with Gasteiger partial charge in [-0.05, 0) is 13.8 Å². The van der Waals surface area contributed by atoms with Crippen molar-refractivity contribution in [3.63, 3.8) is 0 Å². The molecule has 9 N–H and O–H groups in total. The number of anilines is 2. The number of nitrogens with two attached hydrogens (primary N) is 2. The van der Waals surface area contributed by atoms with Crippen molar-refractivity contribution in [1.29, 1.82) is 0 Å². The van der Waals surface area contributed by atoms with Gasteiger partial charge >= 0.3 is 27.4 Å². The first-order valence-electron chi connectivity index (χ1n) is 16.9. The van der Waals surface area contributed by atoms with E-state index in [1.54, 1.807) is 0 Å². The van der Waals surface area contributed by atoms with E-state index < -0.39 is 107 Å². The monoisotopic (exact) mass is 844 g/mol. The zero-order chi connectivity index (χ0) is 41.0. The summed E-state index contributed by atoms with van der Waals surface area (Å²) in [5.41, 5.74) is 11.0. The van der Waals surface area contributed by atoms with Crippen LogP contribution in [0.15, 0.2) is 23.8 Å². The smallest absolute Gasteiger partial charge is 0.406 e. The molecule has 3 aliphatic rings. The van der Waals surface area contributed by atoms with Crippen molar-refractivity contribution in [3.8, 4) is 0 Å². The van der Waals surface area contributed by atoms with Crippen LogP contribution in [0.5, 0.6) is 0 Å². The van der Waals surface area contributed by atoms with Crippen LogP contribution < -0.4 is 27.2 Å². The highest BCUT2D eigenvalue weighted by molar-refractivity contribution is 7.52. The summed E-state index contributed by atoms with van der Waals surface area (Å²) >= 11 is 0. The van der Waals surface area contributed by atoms with Gasteiger partial charge in [-0.2, -0.15) is 4.98 Å². The number of hydrogen-bond acceptors (Lipinski definition) is 22. The Morgan fingerprint density at radius 1 is 0.842 bits per heavy atom. The first-order valence-corrected chi connectivity index (χ1v) is 20.0. The Balaban J connectivity index is 1.31. The molecule has 27 nitrogen and oxygen atoms in total. The second-order valence-corrected chi connectivity index (χ2v) is 16.4. The van der Waals surface area contributed by atoms with Crippen LogP contribution in [-0.4, -0.2) is 137 Å². The van der Waals surface area contributed by atoms with Gasteiger partial charge in [-0.15, -0.1) is 0 Å². The lowest BCUT2D eigenvalue weighted by atomic mass is 10.1. The maximum absolute atomic E-state index is 14.8. The van der Waals surface area contributed by atoms with Gasteiger partial charge in [0.1, 0.15) is 60.6 Å². The van der Waals surface area contributed by atoms with E-state index in [-0.39, 0.29) is 34.1 Å². The van der Waals surface area contributed by atoms with Crippen molar-refractivity contribution in [1.82, 2.24) is 49.2 Å². The van der Waals surface area contributed by atoms with E-state index in [0.29, 0.717) is 0 Å². The number of nitrogens with zero attached hydrogens (tertiary/aromatic N) is 7. The molecule has 4 aromatic heterocycles. The summed E-state index contributed by atoms with van der Waals surface area (Å²) in [6.45, 7) is 1.00. The number of ether oxygens (including phenoxy) is 4. The van der Waals surface area contributed by atoms with Crippen LogP contribution in [-0.2, 0) is 55.8 Å². The van der Waals surface area contributed by atoms with Gasteiger partial charge in [-0.25, -0.2) is 39.2 Å². The molecule has 0 radical (unpaired) electrons. The predicted molar refractivity (Wildman–Crippen MR) is 188 cm³/mol. The van der Waals surface area contributed by atoms with Crippen LogP contribution in [0.4, 0.5) is 11.8 Å². The Hall–Kier alpha value is -4.50. The molecule has 12 atom stereocenters. The number of aliphatic hydroxyl groups is 2. The molecule has 310 valence electrons. The fraction of sp³-hybridized carbons (Fsp3) is 0.571. The van der Waals surface area contributed by atoms with Crippen LogP contribution in [0.3, 0.4) is 0 Å². The van der Waals surface area contributed by atoms with Crippen LogP contribution in [0.1, 0.15) is 26.3 Å². The molecular weight excluding hydrogens is 806 g/mol. The minimum absolute atomic E-state index is 0.0169. The third-order valence-corrected chi connectivity index (χ3v) is 12.6. The van der Waals surface area contributed by atoms with Gasteiger partial charge in [0.15, 0.2) is 35.1 Å². The highest BCUT2D eigenvalue weighted by Gasteiger charge is 2.55. The average Bonchev–Trinajstić information content (AvgIpc) is 3.94. The highest BCUT2D eigenvalue weighted by atomic mass is 31.2. The molecule has 0 aromatic carbocycles. The van der Waals surface area contributed by atoms with E-state index >= 15 is 0 Å². The van der Waals surface area contributed by atoms with Gasteiger partial charge in [0.05, 0.1) is 40.1 Å². The summed E-state index contributed by atoms with van der Waals surface area (Å²) < 4.78 is 77.3. The third-order valence-electron chi connectivity index (χ3n) is 9.16. The zero-order valence-corrected chi connectivity index (χ0v) is 32.1. The van der Waals surface area contributed by atoms with Gasteiger partial charge in [0.2, 0.25) is 5.95 Å². The summed E-state index contributed by atoms with van der Waals surface area (Å²) in [5, 5.41) is 28.3. The molecule has 3 saturated heterocycles. The number of hydrogen-bond donors (Lipinski definition) is 7. The summed E-state index contributed by atoms with van der Waals surface area (Å²) in [4.78, 5) is 60.4. The normalized spacial score (nSPS) is 33.2. The van der Waals surface area contributed by atoms with Gasteiger partial charge in [-0.1, -0.05) is 0 Å². The highest BCUT2D eigenvalue weighted by Crippen LogP contribution is 2.54. The van der Waals surface area contributed by atoms with E-state index in [1.165, 1.54) is 24.7 Å². The summed E-state index contributed by atoms with van der Waals surface area (Å²) in [6.07, 6.45) is -9.37. The molecular formula is C28H38N12O15P2. The second-order valence-electron chi connectivity index (χ2n) is 12.9. The number of aliphatic hydroxyl groups excluding tert-OH is 2. The van der Waals surface area contributed by atoms with Crippen LogP contribution >= 0.6 is 15.5 Å². The third kappa shape index (κ3) is 7.76. The van der Waals surface area contributed by atoms with E-state index in [9.17, 15) is 33.7 Å². The Labute approximate surface area is 319 Å². The number of rotatable bonds is 8. The standard InChI is InChI=1S/C28H38N12O15P2/c1-10(26(44)48-3)37-56(46)50-5-12-16(41)19(25(52-12)40-9-34-15-22(40)35-28(30)36-23(15)43)55-57(47,38-11(2)27(45)49-4)51-6-13-18(54-56)17(42)24(53-13)39-8-33-14-20(29)31-7-32-21(14)39/h7-13,16-19,24-25,41-42H,5-6H2,1-4H3,(H,37,46)(H,38,47)(H2,29,31,32)(H3,30,35,36,43)/t10?,11?,12-,13-,16?,17?,18?,19?,24-,25-,56?,57?/m1/s1. The Morgan fingerprint density at radius 3 is 2.04 bits per heavy atom. The maximum Gasteiger partial charge on any atom is 0.406 e. The fourth-order valence-electron chi connectivity index (χ4n) is 6.39. The zero-order valence-electron chi connectivity index (χ0n) is 30.3. The van der Waals surface area contributed by atoms with Crippen molar-refractivity contribution in [3.05, 3.63) is 29.3 Å². The number of esters is 2. The lowest BCUT2D eigenvalue weighted by molar-refractivity contribution is -0.143. The van der Waals surface area contributed by atoms with Crippen LogP contribution in [0, 0.1) is 0 Å². The molecule has 29 heteroatoms. The van der Waals surface area contributed by atoms with Gasteiger partial charge in [0.25, 0.3) is 5.56 Å². The van der Waals surface area contributed by atoms with Gasteiger partial charge in [-0.3, -0.25) is 46.6 Å². The number of fused-ring (bicyclic) bond motifs is 5. The number of imidazole rings is 2. The van der Waals surface area contributed by atoms with E-state index in [2.05, 4.69) is 40.1 Å². The maximum atomic E-state index is 14.8. The molecule has 0 amide bonds. The summed E-state index contributed by atoms with van der Waals surface area (Å²) in [5.74, 6) is -2.05. The number of aromatic nitrogens is 8. The number of nitrogen functional groups attached to an aromatic ring is 2. The Kier molecular flexibility index (Phi) is 11.2. The Morgan fingerprint density at radius 2 is 1.40 bits per heavy atom. The molecule has 4 aromatic rings. The molecule has 7 rings (SSSR count). The lowest BCUT2D eigenvalue weighted by Gasteiger charge is -2.30. The van der Waals surface area contributed by atoms with Crippen molar-refractivity contribution in [2.75, 3.05) is 38.9 Å². The minimum Gasteiger partial charge on any atom is -0.468 e. The molecule has 8 unspecified atom stereocenters. The summed E-state index contributed by atoms with van der Waals surface area (Å²) in [7, 11) is -7.51. The number of aromatic amines is 1.